The average molecular weight is 246 g/mol. The average Bonchev–Trinajstić information content (AvgIpc) is 2.83. The summed E-state index contributed by atoms with van der Waals surface area (Å²) < 4.78 is 5.25. The van der Waals surface area contributed by atoms with Crippen molar-refractivity contribution in [2.24, 2.45) is 0 Å². The molecule has 0 bridgehead atoms. The molecule has 1 N–H and O–H groups in total. The maximum Gasteiger partial charge on any atom is 0.284 e. The van der Waals surface area contributed by atoms with E-state index < -0.39 is 5.91 Å². The first-order chi connectivity index (χ1) is 8.53. The first-order valence-corrected chi connectivity index (χ1v) is 5.60. The second-order valence-corrected chi connectivity index (χ2v) is 4.75. The van der Waals surface area contributed by atoms with Gasteiger partial charge in [0.05, 0.1) is 0 Å². The van der Waals surface area contributed by atoms with E-state index in [2.05, 4.69) is 10.3 Å². The maximum atomic E-state index is 11.0. The van der Waals surface area contributed by atoms with E-state index in [1.54, 1.807) is 0 Å². The van der Waals surface area contributed by atoms with E-state index in [4.69, 9.17) is 4.42 Å². The van der Waals surface area contributed by atoms with Crippen LogP contribution in [0.15, 0.2) is 29.0 Å². The summed E-state index contributed by atoms with van der Waals surface area (Å²) in [6, 6.07) is 5.71. The standard InChI is InChI=1S/C13H14N2O3/c1-13(2,7-14-12(17)6-16)9-3-4-10-11(5-9)18-8-15-10/h3-6,8H,7H2,1-2H3,(H,14,17). The summed E-state index contributed by atoms with van der Waals surface area (Å²) in [5, 5.41) is 2.56. The molecule has 0 aliphatic heterocycles. The van der Waals surface area contributed by atoms with Crippen LogP contribution in [0.2, 0.25) is 0 Å². The lowest BCUT2D eigenvalue weighted by Gasteiger charge is -2.25. The number of carbonyl (C=O) groups excluding carboxylic acids is 2. The molecule has 0 spiro atoms. The molecule has 0 fully saturated rings. The number of aldehydes is 1. The zero-order valence-corrected chi connectivity index (χ0v) is 10.3. The zero-order valence-electron chi connectivity index (χ0n) is 10.3. The Kier molecular flexibility index (Phi) is 3.14. The lowest BCUT2D eigenvalue weighted by Crippen LogP contribution is -2.37. The van der Waals surface area contributed by atoms with Crippen molar-refractivity contribution in [1.82, 2.24) is 10.3 Å². The van der Waals surface area contributed by atoms with Crippen molar-refractivity contribution in [3.8, 4) is 0 Å². The summed E-state index contributed by atoms with van der Waals surface area (Å²) in [4.78, 5) is 25.3. The lowest BCUT2D eigenvalue weighted by molar-refractivity contribution is -0.131. The van der Waals surface area contributed by atoms with Crippen molar-refractivity contribution in [3.63, 3.8) is 0 Å². The van der Waals surface area contributed by atoms with Crippen LogP contribution in [0.5, 0.6) is 0 Å². The molecule has 2 aromatic rings. The number of nitrogens with zero attached hydrogens (tertiary/aromatic N) is 1. The van der Waals surface area contributed by atoms with E-state index in [0.29, 0.717) is 12.1 Å². The number of aromatic nitrogens is 1. The van der Waals surface area contributed by atoms with Crippen LogP contribution >= 0.6 is 0 Å². The number of benzene rings is 1. The van der Waals surface area contributed by atoms with Gasteiger partial charge in [0.2, 0.25) is 6.29 Å². The van der Waals surface area contributed by atoms with Crippen molar-refractivity contribution in [2.45, 2.75) is 19.3 Å². The van der Waals surface area contributed by atoms with Crippen molar-refractivity contribution in [2.75, 3.05) is 6.54 Å². The van der Waals surface area contributed by atoms with Gasteiger partial charge in [-0.05, 0) is 17.7 Å². The Labute approximate surface area is 104 Å². The van der Waals surface area contributed by atoms with Gasteiger partial charge in [0.25, 0.3) is 5.91 Å². The minimum atomic E-state index is -0.608. The number of oxazole rings is 1. The van der Waals surface area contributed by atoms with E-state index in [0.717, 1.165) is 11.1 Å². The highest BCUT2D eigenvalue weighted by Crippen LogP contribution is 2.25. The van der Waals surface area contributed by atoms with E-state index in [1.165, 1.54) is 6.39 Å². The van der Waals surface area contributed by atoms with E-state index in [-0.39, 0.29) is 11.7 Å². The SMILES string of the molecule is CC(C)(CNC(=O)C=O)c1ccc2ncoc2c1. The van der Waals surface area contributed by atoms with Crippen molar-refractivity contribution in [1.29, 1.82) is 0 Å². The molecule has 0 aliphatic carbocycles. The Bertz CT molecular complexity index is 587. The van der Waals surface area contributed by atoms with Gasteiger partial charge in [0, 0.05) is 12.0 Å². The molecule has 18 heavy (non-hydrogen) atoms. The van der Waals surface area contributed by atoms with Crippen LogP contribution in [0.4, 0.5) is 0 Å². The molecule has 2 rings (SSSR count). The maximum absolute atomic E-state index is 11.0. The molecule has 0 saturated heterocycles. The van der Waals surface area contributed by atoms with Gasteiger partial charge in [-0.3, -0.25) is 9.59 Å². The smallest absolute Gasteiger partial charge is 0.284 e. The molecule has 1 heterocycles. The van der Waals surface area contributed by atoms with Crippen LogP contribution in [0.3, 0.4) is 0 Å². The fourth-order valence-electron chi connectivity index (χ4n) is 1.73. The summed E-state index contributed by atoms with van der Waals surface area (Å²) in [6.07, 6.45) is 1.67. The third kappa shape index (κ3) is 2.40. The van der Waals surface area contributed by atoms with Gasteiger partial charge in [0.15, 0.2) is 12.0 Å². The Hall–Kier alpha value is -2.17. The van der Waals surface area contributed by atoms with Crippen LogP contribution in [0, 0.1) is 0 Å². The number of rotatable bonds is 4. The molecule has 0 aliphatic rings. The summed E-state index contributed by atoms with van der Waals surface area (Å²) in [5.41, 5.74) is 2.23. The highest BCUT2D eigenvalue weighted by atomic mass is 16.3. The zero-order chi connectivity index (χ0) is 13.2. The third-order valence-corrected chi connectivity index (χ3v) is 2.92. The second-order valence-electron chi connectivity index (χ2n) is 4.75. The number of fused-ring (bicyclic) bond motifs is 1. The monoisotopic (exact) mass is 246 g/mol. The van der Waals surface area contributed by atoms with Crippen LogP contribution in [0.1, 0.15) is 19.4 Å². The van der Waals surface area contributed by atoms with Crippen molar-refractivity contribution in [3.05, 3.63) is 30.2 Å². The number of nitrogens with one attached hydrogen (secondary N) is 1. The molecule has 1 aromatic heterocycles. The van der Waals surface area contributed by atoms with E-state index in [9.17, 15) is 9.59 Å². The van der Waals surface area contributed by atoms with Gasteiger partial charge in [0.1, 0.15) is 5.52 Å². The molecule has 5 nitrogen and oxygen atoms in total. The Morgan fingerprint density at radius 1 is 1.50 bits per heavy atom. The number of amides is 1. The Balaban J connectivity index is 2.22. The number of hydrogen-bond acceptors (Lipinski definition) is 4. The minimum absolute atomic E-state index is 0.274. The third-order valence-electron chi connectivity index (χ3n) is 2.92. The first-order valence-electron chi connectivity index (χ1n) is 5.60. The molecule has 0 atom stereocenters. The Morgan fingerprint density at radius 2 is 2.28 bits per heavy atom. The largest absolute Gasteiger partial charge is 0.443 e. The topological polar surface area (TPSA) is 72.2 Å². The van der Waals surface area contributed by atoms with Gasteiger partial charge in [-0.1, -0.05) is 19.9 Å². The van der Waals surface area contributed by atoms with Crippen LogP contribution in [0.25, 0.3) is 11.1 Å². The highest BCUT2D eigenvalue weighted by molar-refractivity contribution is 6.23. The van der Waals surface area contributed by atoms with Crippen LogP contribution in [-0.4, -0.2) is 23.7 Å². The molecule has 5 heteroatoms. The number of carbonyl (C=O) groups is 2. The van der Waals surface area contributed by atoms with Gasteiger partial charge in [-0.15, -0.1) is 0 Å². The summed E-state index contributed by atoms with van der Waals surface area (Å²) in [6.45, 7) is 4.34. The van der Waals surface area contributed by atoms with Crippen LogP contribution in [-0.2, 0) is 15.0 Å². The van der Waals surface area contributed by atoms with Gasteiger partial charge >= 0.3 is 0 Å². The van der Waals surface area contributed by atoms with Crippen molar-refractivity contribution >= 4 is 23.3 Å². The molecule has 1 aromatic carbocycles. The van der Waals surface area contributed by atoms with Crippen molar-refractivity contribution < 1.29 is 14.0 Å². The van der Waals surface area contributed by atoms with Gasteiger partial charge < -0.3 is 9.73 Å². The van der Waals surface area contributed by atoms with Gasteiger partial charge in [-0.2, -0.15) is 0 Å². The normalized spacial score (nSPS) is 11.4. The highest BCUT2D eigenvalue weighted by Gasteiger charge is 2.22. The molecular formula is C13H14N2O3. The first kappa shape index (κ1) is 12.3. The molecule has 0 unspecified atom stereocenters. The van der Waals surface area contributed by atoms with E-state index in [1.807, 2.05) is 32.0 Å². The predicted molar refractivity (Wildman–Crippen MR) is 66.1 cm³/mol. The quantitative estimate of drug-likeness (QED) is 0.654. The van der Waals surface area contributed by atoms with Gasteiger partial charge in [-0.25, -0.2) is 4.98 Å². The predicted octanol–water partition coefficient (Wildman–Crippen LogP) is 1.42. The fourth-order valence-corrected chi connectivity index (χ4v) is 1.73. The minimum Gasteiger partial charge on any atom is -0.443 e. The molecule has 0 radical (unpaired) electrons. The molecule has 94 valence electrons. The van der Waals surface area contributed by atoms with E-state index >= 15 is 0 Å². The summed E-state index contributed by atoms with van der Waals surface area (Å²) >= 11 is 0. The lowest BCUT2D eigenvalue weighted by atomic mass is 9.84. The number of hydrogen-bond donors (Lipinski definition) is 1. The van der Waals surface area contributed by atoms with Crippen LogP contribution < -0.4 is 5.32 Å². The molecule has 0 saturated carbocycles. The fraction of sp³-hybridized carbons (Fsp3) is 0.308. The second kappa shape index (κ2) is 4.60. The molecular weight excluding hydrogens is 232 g/mol. The summed E-state index contributed by atoms with van der Waals surface area (Å²) in [5.74, 6) is -0.608. The summed E-state index contributed by atoms with van der Waals surface area (Å²) in [7, 11) is 0. The Morgan fingerprint density at radius 3 is 3.00 bits per heavy atom. The molecule has 1 amide bonds.